The van der Waals surface area contributed by atoms with Gasteiger partial charge in [-0.05, 0) is 69.4 Å². The number of hydrogen-bond acceptors (Lipinski definition) is 2. The minimum absolute atomic E-state index is 0.100. The van der Waals surface area contributed by atoms with Gasteiger partial charge in [0.1, 0.15) is 0 Å². The third-order valence-electron chi connectivity index (χ3n) is 2.74. The lowest BCUT2D eigenvalue weighted by Gasteiger charge is -2.13. The van der Waals surface area contributed by atoms with E-state index in [0.717, 1.165) is 0 Å². The molecule has 102 valence electrons. The van der Waals surface area contributed by atoms with Crippen LogP contribution in [0.5, 0.6) is 0 Å². The monoisotopic (exact) mass is 494 g/mol. The van der Waals surface area contributed by atoms with E-state index < -0.39 is 11.9 Å². The molecule has 0 aliphatic heterocycles. The fourth-order valence-corrected chi connectivity index (χ4v) is 3.45. The van der Waals surface area contributed by atoms with E-state index in [1.54, 1.807) is 24.3 Å². The maximum atomic E-state index is 11.4. The van der Waals surface area contributed by atoms with Crippen molar-refractivity contribution in [1.82, 2.24) is 0 Å². The Balaban J connectivity index is 2.88. The van der Waals surface area contributed by atoms with Gasteiger partial charge in [-0.1, -0.05) is 12.1 Å². The molecule has 0 fully saturated rings. The Morgan fingerprint density at radius 3 is 1.40 bits per heavy atom. The van der Waals surface area contributed by atoms with Crippen LogP contribution in [0.25, 0.3) is 11.1 Å². The normalized spacial score (nSPS) is 10.3. The second-order valence-electron chi connectivity index (χ2n) is 3.94. The molecule has 0 saturated heterocycles. The molecule has 0 amide bonds. The van der Waals surface area contributed by atoms with Crippen LogP contribution in [0.1, 0.15) is 20.7 Å². The Kier molecular flexibility index (Phi) is 4.63. The van der Waals surface area contributed by atoms with Crippen molar-refractivity contribution >= 4 is 57.1 Å². The summed E-state index contributed by atoms with van der Waals surface area (Å²) in [5.74, 6) is -2.15. The maximum Gasteiger partial charge on any atom is 0.336 e. The van der Waals surface area contributed by atoms with Crippen LogP contribution < -0.4 is 0 Å². The smallest absolute Gasteiger partial charge is 0.336 e. The standard InChI is InChI=1S/C14H8I2O4/c15-9-5-1-3-7(13(17)18)11(9)12-8(14(19)20)4-2-6-10(12)16/h1-6H,(H,17,18)(H,19,20). The summed E-state index contributed by atoms with van der Waals surface area (Å²) in [5, 5.41) is 18.6. The molecule has 20 heavy (non-hydrogen) atoms. The molecule has 0 saturated carbocycles. The number of carboxylic acid groups (broad SMARTS) is 2. The van der Waals surface area contributed by atoms with Crippen LogP contribution in [-0.4, -0.2) is 22.2 Å². The van der Waals surface area contributed by atoms with Gasteiger partial charge in [0.25, 0.3) is 0 Å². The molecule has 2 rings (SSSR count). The summed E-state index contributed by atoms with van der Waals surface area (Å²) in [6.45, 7) is 0. The molecule has 2 N–H and O–H groups in total. The highest BCUT2D eigenvalue weighted by Gasteiger charge is 2.22. The van der Waals surface area contributed by atoms with Crippen LogP contribution in [0, 0.1) is 7.14 Å². The number of carboxylic acids is 2. The van der Waals surface area contributed by atoms with Crippen LogP contribution in [-0.2, 0) is 0 Å². The average molecular weight is 494 g/mol. The SMILES string of the molecule is O=C(O)c1cccc(I)c1-c1c(I)cccc1C(=O)O. The molecule has 0 aliphatic rings. The number of halogens is 2. The van der Waals surface area contributed by atoms with E-state index in [2.05, 4.69) is 0 Å². The summed E-state index contributed by atoms with van der Waals surface area (Å²) < 4.78 is 1.41. The summed E-state index contributed by atoms with van der Waals surface area (Å²) in [6, 6.07) is 9.77. The largest absolute Gasteiger partial charge is 0.478 e. The minimum atomic E-state index is -1.07. The van der Waals surface area contributed by atoms with Gasteiger partial charge >= 0.3 is 11.9 Å². The van der Waals surface area contributed by atoms with E-state index in [0.29, 0.717) is 18.3 Å². The lowest BCUT2D eigenvalue weighted by Crippen LogP contribution is -2.07. The van der Waals surface area contributed by atoms with E-state index in [-0.39, 0.29) is 11.1 Å². The molecule has 4 nitrogen and oxygen atoms in total. The molecular weight excluding hydrogens is 486 g/mol. The lowest BCUT2D eigenvalue weighted by atomic mass is 9.95. The first-order valence-electron chi connectivity index (χ1n) is 5.47. The molecule has 0 spiro atoms. The summed E-state index contributed by atoms with van der Waals surface area (Å²) >= 11 is 4.04. The highest BCUT2D eigenvalue weighted by atomic mass is 127. The van der Waals surface area contributed by atoms with E-state index in [1.165, 1.54) is 12.1 Å². The number of rotatable bonds is 3. The van der Waals surface area contributed by atoms with Gasteiger partial charge in [-0.3, -0.25) is 0 Å². The first-order valence-corrected chi connectivity index (χ1v) is 7.63. The lowest BCUT2D eigenvalue weighted by molar-refractivity contribution is 0.0684. The van der Waals surface area contributed by atoms with Crippen molar-refractivity contribution in [2.24, 2.45) is 0 Å². The predicted molar refractivity (Wildman–Crippen MR) is 91.2 cm³/mol. The van der Waals surface area contributed by atoms with Gasteiger partial charge in [-0.2, -0.15) is 0 Å². The molecular formula is C14H8I2O4. The third kappa shape index (κ3) is 2.80. The highest BCUT2D eigenvalue weighted by Crippen LogP contribution is 2.35. The molecule has 0 aromatic heterocycles. The summed E-state index contributed by atoms with van der Waals surface area (Å²) in [6.07, 6.45) is 0. The Hall–Kier alpha value is -1.16. The number of carbonyl (C=O) groups is 2. The molecule has 0 radical (unpaired) electrons. The summed E-state index contributed by atoms with van der Waals surface area (Å²) in [5.41, 5.74) is 1.10. The van der Waals surface area contributed by atoms with E-state index >= 15 is 0 Å². The minimum Gasteiger partial charge on any atom is -0.478 e. The quantitative estimate of drug-likeness (QED) is 0.635. The van der Waals surface area contributed by atoms with Gasteiger partial charge in [-0.25, -0.2) is 9.59 Å². The summed E-state index contributed by atoms with van der Waals surface area (Å²) in [7, 11) is 0. The van der Waals surface area contributed by atoms with Crippen molar-refractivity contribution in [3.05, 3.63) is 54.7 Å². The van der Waals surface area contributed by atoms with Crippen molar-refractivity contribution in [2.75, 3.05) is 0 Å². The number of aromatic carboxylic acids is 2. The van der Waals surface area contributed by atoms with Crippen molar-refractivity contribution in [3.8, 4) is 11.1 Å². The van der Waals surface area contributed by atoms with Crippen LogP contribution in [0.4, 0.5) is 0 Å². The van der Waals surface area contributed by atoms with Gasteiger partial charge in [-0.15, -0.1) is 0 Å². The van der Waals surface area contributed by atoms with Crippen molar-refractivity contribution in [2.45, 2.75) is 0 Å². The van der Waals surface area contributed by atoms with E-state index in [9.17, 15) is 19.8 Å². The molecule has 2 aromatic carbocycles. The fraction of sp³-hybridized carbons (Fsp3) is 0. The Bertz CT molecular complexity index is 649. The second kappa shape index (κ2) is 6.08. The van der Waals surface area contributed by atoms with Crippen molar-refractivity contribution in [3.63, 3.8) is 0 Å². The highest BCUT2D eigenvalue weighted by molar-refractivity contribution is 14.1. The predicted octanol–water partition coefficient (Wildman–Crippen LogP) is 3.96. The number of hydrogen-bond donors (Lipinski definition) is 2. The van der Waals surface area contributed by atoms with Gasteiger partial charge in [0.15, 0.2) is 0 Å². The Morgan fingerprint density at radius 2 is 1.10 bits per heavy atom. The van der Waals surface area contributed by atoms with Gasteiger partial charge in [0.05, 0.1) is 11.1 Å². The number of benzene rings is 2. The molecule has 6 heteroatoms. The Morgan fingerprint density at radius 1 is 0.750 bits per heavy atom. The third-order valence-corrected chi connectivity index (χ3v) is 4.54. The fourth-order valence-electron chi connectivity index (χ4n) is 1.91. The molecule has 0 aliphatic carbocycles. The average Bonchev–Trinajstić information content (AvgIpc) is 2.38. The zero-order valence-corrected chi connectivity index (χ0v) is 14.2. The Labute approximate surface area is 142 Å². The maximum absolute atomic E-state index is 11.4. The molecule has 0 unspecified atom stereocenters. The van der Waals surface area contributed by atoms with Gasteiger partial charge in [0, 0.05) is 18.3 Å². The zero-order valence-electron chi connectivity index (χ0n) is 9.93. The van der Waals surface area contributed by atoms with Crippen LogP contribution in [0.3, 0.4) is 0 Å². The molecule has 0 atom stereocenters. The van der Waals surface area contributed by atoms with Crippen molar-refractivity contribution in [1.29, 1.82) is 0 Å². The first kappa shape index (κ1) is 15.2. The molecule has 2 aromatic rings. The molecule has 0 bridgehead atoms. The first-order chi connectivity index (χ1) is 9.43. The molecule has 0 heterocycles. The van der Waals surface area contributed by atoms with Crippen LogP contribution in [0.2, 0.25) is 0 Å². The summed E-state index contributed by atoms with van der Waals surface area (Å²) in [4.78, 5) is 22.8. The van der Waals surface area contributed by atoms with E-state index in [1.807, 2.05) is 45.2 Å². The van der Waals surface area contributed by atoms with Crippen molar-refractivity contribution < 1.29 is 19.8 Å². The van der Waals surface area contributed by atoms with Gasteiger partial charge < -0.3 is 10.2 Å². The van der Waals surface area contributed by atoms with Crippen LogP contribution >= 0.6 is 45.2 Å². The van der Waals surface area contributed by atoms with E-state index in [4.69, 9.17) is 0 Å². The zero-order chi connectivity index (χ0) is 14.9. The van der Waals surface area contributed by atoms with Crippen LogP contribution in [0.15, 0.2) is 36.4 Å². The second-order valence-corrected chi connectivity index (χ2v) is 6.26. The topological polar surface area (TPSA) is 74.6 Å². The van der Waals surface area contributed by atoms with Gasteiger partial charge in [0.2, 0.25) is 0 Å².